The van der Waals surface area contributed by atoms with E-state index in [1.807, 2.05) is 0 Å². The number of nitrogens with one attached hydrogen (secondary N) is 1. The van der Waals surface area contributed by atoms with E-state index in [1.54, 1.807) is 0 Å². The van der Waals surface area contributed by atoms with Crippen LogP contribution in [0.15, 0.2) is 0 Å². The smallest absolute Gasteiger partial charge is 0.173 e. The van der Waals surface area contributed by atoms with E-state index in [2.05, 4.69) is 37.9 Å². The molecule has 0 aliphatic carbocycles. The first-order chi connectivity index (χ1) is 7.52. The molecule has 0 aromatic carbocycles. The SMILES string of the molecule is CC(C)C1NC1C1OC(O)C2C(C(C)C)N12. The van der Waals surface area contributed by atoms with Crippen molar-refractivity contribution in [3.63, 3.8) is 0 Å². The standard InChI is InChI=1S/C12H22N2O2/c1-5(2)7-8(13-7)11-14-9(6(3)4)10(14)12(15)16-11/h5-13,15H,1-4H3. The van der Waals surface area contributed by atoms with Crippen LogP contribution < -0.4 is 5.32 Å². The first-order valence-corrected chi connectivity index (χ1v) is 6.39. The molecule has 3 aliphatic rings. The molecule has 3 fully saturated rings. The van der Waals surface area contributed by atoms with E-state index in [0.29, 0.717) is 30.0 Å². The molecule has 0 amide bonds. The highest BCUT2D eigenvalue weighted by molar-refractivity contribution is 5.17. The number of ether oxygens (including phenoxy) is 1. The molecule has 0 aromatic rings. The Bertz CT molecular complexity index is 291. The van der Waals surface area contributed by atoms with Gasteiger partial charge < -0.3 is 15.2 Å². The Morgan fingerprint density at radius 2 is 1.88 bits per heavy atom. The highest BCUT2D eigenvalue weighted by Gasteiger charge is 2.67. The third-order valence-corrected chi connectivity index (χ3v) is 4.18. The number of nitrogens with zero attached hydrogens (tertiary/aromatic N) is 1. The van der Waals surface area contributed by atoms with Crippen molar-refractivity contribution in [2.45, 2.75) is 64.4 Å². The Labute approximate surface area is 97.0 Å². The molecule has 4 nitrogen and oxygen atoms in total. The maximum absolute atomic E-state index is 9.84. The molecule has 7 unspecified atom stereocenters. The van der Waals surface area contributed by atoms with Gasteiger partial charge in [-0.05, 0) is 11.8 Å². The van der Waals surface area contributed by atoms with Gasteiger partial charge in [0.15, 0.2) is 6.29 Å². The molecule has 0 radical (unpaired) electrons. The number of hydrogen-bond donors (Lipinski definition) is 2. The topological polar surface area (TPSA) is 54.4 Å². The normalized spacial score (nSPS) is 54.6. The lowest BCUT2D eigenvalue weighted by Gasteiger charge is -2.19. The molecule has 4 heteroatoms. The highest BCUT2D eigenvalue weighted by Crippen LogP contribution is 2.48. The number of fused-ring (bicyclic) bond motifs is 1. The summed E-state index contributed by atoms with van der Waals surface area (Å²) in [6.45, 7) is 8.88. The Morgan fingerprint density at radius 1 is 1.19 bits per heavy atom. The summed E-state index contributed by atoms with van der Waals surface area (Å²) in [5, 5.41) is 13.3. The van der Waals surface area contributed by atoms with Gasteiger partial charge in [-0.2, -0.15) is 0 Å². The van der Waals surface area contributed by atoms with Crippen LogP contribution in [-0.4, -0.2) is 46.7 Å². The second kappa shape index (κ2) is 3.42. The minimum atomic E-state index is -0.576. The second-order valence-electron chi connectivity index (χ2n) is 6.05. The first kappa shape index (κ1) is 11.0. The Kier molecular flexibility index (Phi) is 2.34. The maximum Gasteiger partial charge on any atom is 0.173 e. The van der Waals surface area contributed by atoms with Crippen LogP contribution in [0.3, 0.4) is 0 Å². The van der Waals surface area contributed by atoms with Gasteiger partial charge in [-0.3, -0.25) is 4.90 Å². The lowest BCUT2D eigenvalue weighted by atomic mass is 10.1. The zero-order valence-corrected chi connectivity index (χ0v) is 10.4. The van der Waals surface area contributed by atoms with Gasteiger partial charge in [0.1, 0.15) is 6.23 Å². The summed E-state index contributed by atoms with van der Waals surface area (Å²) in [6.07, 6.45) is -0.479. The first-order valence-electron chi connectivity index (χ1n) is 6.39. The average molecular weight is 226 g/mol. The molecule has 0 aromatic heterocycles. The van der Waals surface area contributed by atoms with Crippen LogP contribution in [0.4, 0.5) is 0 Å². The predicted molar refractivity (Wildman–Crippen MR) is 60.7 cm³/mol. The van der Waals surface area contributed by atoms with Crippen molar-refractivity contribution in [3.05, 3.63) is 0 Å². The summed E-state index contributed by atoms with van der Waals surface area (Å²) in [6, 6.07) is 1.75. The Morgan fingerprint density at radius 3 is 2.31 bits per heavy atom. The van der Waals surface area contributed by atoms with Crippen LogP contribution in [0.2, 0.25) is 0 Å². The van der Waals surface area contributed by atoms with E-state index in [9.17, 15) is 5.11 Å². The average Bonchev–Trinajstić information content (AvgIpc) is 3.08. The molecule has 0 spiro atoms. The monoisotopic (exact) mass is 226 g/mol. The zero-order chi connectivity index (χ0) is 11.6. The van der Waals surface area contributed by atoms with Crippen molar-refractivity contribution in [1.29, 1.82) is 0 Å². The molecule has 7 atom stereocenters. The summed E-state index contributed by atoms with van der Waals surface area (Å²) in [4.78, 5) is 2.34. The van der Waals surface area contributed by atoms with Gasteiger partial charge >= 0.3 is 0 Å². The Hall–Kier alpha value is -0.160. The fourth-order valence-electron chi connectivity index (χ4n) is 3.28. The molecule has 3 rings (SSSR count). The van der Waals surface area contributed by atoms with E-state index in [0.717, 1.165) is 0 Å². The summed E-state index contributed by atoms with van der Waals surface area (Å²) < 4.78 is 5.63. The van der Waals surface area contributed by atoms with Crippen molar-refractivity contribution in [1.82, 2.24) is 10.2 Å². The van der Waals surface area contributed by atoms with Crippen LogP contribution >= 0.6 is 0 Å². The minimum Gasteiger partial charge on any atom is -0.366 e. The van der Waals surface area contributed by atoms with Gasteiger partial charge in [0, 0.05) is 12.1 Å². The third kappa shape index (κ3) is 1.44. The van der Waals surface area contributed by atoms with Crippen molar-refractivity contribution >= 4 is 0 Å². The molecule has 3 heterocycles. The van der Waals surface area contributed by atoms with Crippen LogP contribution in [0.25, 0.3) is 0 Å². The molecule has 0 saturated carbocycles. The van der Waals surface area contributed by atoms with E-state index < -0.39 is 6.29 Å². The molecule has 92 valence electrons. The van der Waals surface area contributed by atoms with Crippen LogP contribution in [-0.2, 0) is 4.74 Å². The number of rotatable bonds is 3. The fourth-order valence-corrected chi connectivity index (χ4v) is 3.28. The molecule has 16 heavy (non-hydrogen) atoms. The van der Waals surface area contributed by atoms with Gasteiger partial charge in [-0.1, -0.05) is 27.7 Å². The van der Waals surface area contributed by atoms with E-state index in [-0.39, 0.29) is 12.3 Å². The lowest BCUT2D eigenvalue weighted by molar-refractivity contribution is -0.120. The predicted octanol–water partition coefficient (Wildman–Crippen LogP) is 0.366. The fraction of sp³-hybridized carbons (Fsp3) is 1.00. The highest BCUT2D eigenvalue weighted by atomic mass is 16.6. The van der Waals surface area contributed by atoms with Crippen LogP contribution in [0.5, 0.6) is 0 Å². The van der Waals surface area contributed by atoms with Gasteiger partial charge in [-0.25, -0.2) is 0 Å². The molecule has 0 bridgehead atoms. The zero-order valence-electron chi connectivity index (χ0n) is 10.4. The maximum atomic E-state index is 9.84. The molecular formula is C12H22N2O2. The van der Waals surface area contributed by atoms with Crippen molar-refractivity contribution in [2.24, 2.45) is 11.8 Å². The molecule has 2 N–H and O–H groups in total. The van der Waals surface area contributed by atoms with Gasteiger partial charge in [-0.15, -0.1) is 0 Å². The van der Waals surface area contributed by atoms with Crippen LogP contribution in [0.1, 0.15) is 27.7 Å². The number of aliphatic hydroxyl groups is 1. The quantitative estimate of drug-likeness (QED) is 0.683. The molecule has 3 saturated heterocycles. The lowest BCUT2D eigenvalue weighted by Crippen LogP contribution is -2.33. The summed E-state index contributed by atoms with van der Waals surface area (Å²) >= 11 is 0. The molecular weight excluding hydrogens is 204 g/mol. The minimum absolute atomic E-state index is 0.0970. The van der Waals surface area contributed by atoms with Gasteiger partial charge in [0.2, 0.25) is 0 Å². The Balaban J connectivity index is 1.66. The van der Waals surface area contributed by atoms with Gasteiger partial charge in [0.25, 0.3) is 0 Å². The summed E-state index contributed by atoms with van der Waals surface area (Å²) in [5.74, 6) is 1.24. The van der Waals surface area contributed by atoms with Gasteiger partial charge in [0.05, 0.1) is 12.1 Å². The largest absolute Gasteiger partial charge is 0.366 e. The number of hydrogen-bond acceptors (Lipinski definition) is 4. The third-order valence-electron chi connectivity index (χ3n) is 4.18. The van der Waals surface area contributed by atoms with Crippen molar-refractivity contribution in [3.8, 4) is 0 Å². The van der Waals surface area contributed by atoms with E-state index >= 15 is 0 Å². The van der Waals surface area contributed by atoms with Crippen LogP contribution in [0, 0.1) is 11.8 Å². The van der Waals surface area contributed by atoms with E-state index in [1.165, 1.54) is 0 Å². The van der Waals surface area contributed by atoms with Crippen molar-refractivity contribution < 1.29 is 9.84 Å². The summed E-state index contributed by atoms with van der Waals surface area (Å²) in [5.41, 5.74) is 0. The summed E-state index contributed by atoms with van der Waals surface area (Å²) in [7, 11) is 0. The second-order valence-corrected chi connectivity index (χ2v) is 6.05. The number of aliphatic hydroxyl groups excluding tert-OH is 1. The van der Waals surface area contributed by atoms with E-state index in [4.69, 9.17) is 4.74 Å². The van der Waals surface area contributed by atoms with Crippen molar-refractivity contribution in [2.75, 3.05) is 0 Å². The molecule has 3 aliphatic heterocycles.